The molecule has 2 aromatic rings. The third kappa shape index (κ3) is 3.72. The van der Waals surface area contributed by atoms with Crippen LogP contribution in [0, 0.1) is 17.8 Å². The highest BCUT2D eigenvalue weighted by Crippen LogP contribution is 2.35. The van der Waals surface area contributed by atoms with E-state index in [1.165, 1.54) is 6.42 Å². The van der Waals surface area contributed by atoms with E-state index >= 15 is 0 Å². The predicted molar refractivity (Wildman–Crippen MR) is 99.2 cm³/mol. The standard InChI is InChI=1S/C21H27NO2/c1-14(2)17-12-11-15(3)13-20(17)24-21(23)22-19-10-6-8-16-7-4-5-9-18(16)19/h4-10,14-15,17,20H,11-13H2,1-3H3,(H,22,23)/t15-,17-,20-/m1/s1. The Balaban J connectivity index is 1.72. The normalized spacial score (nSPS) is 24.1. The molecule has 1 N–H and O–H groups in total. The Hall–Kier alpha value is -2.03. The number of hydrogen-bond donors (Lipinski definition) is 1. The number of amides is 1. The van der Waals surface area contributed by atoms with E-state index in [1.807, 2.05) is 42.5 Å². The topological polar surface area (TPSA) is 38.3 Å². The predicted octanol–water partition coefficient (Wildman–Crippen LogP) is 5.85. The molecule has 0 bridgehead atoms. The van der Waals surface area contributed by atoms with Gasteiger partial charge in [-0.05, 0) is 42.0 Å². The number of ether oxygens (including phenoxy) is 1. The van der Waals surface area contributed by atoms with E-state index < -0.39 is 0 Å². The van der Waals surface area contributed by atoms with Crippen molar-refractivity contribution in [2.24, 2.45) is 17.8 Å². The van der Waals surface area contributed by atoms with Crippen LogP contribution in [0.5, 0.6) is 0 Å². The van der Waals surface area contributed by atoms with Crippen molar-refractivity contribution in [3.63, 3.8) is 0 Å². The van der Waals surface area contributed by atoms with Crippen LogP contribution in [-0.4, -0.2) is 12.2 Å². The summed E-state index contributed by atoms with van der Waals surface area (Å²) in [6.07, 6.45) is 3.02. The lowest BCUT2D eigenvalue weighted by Crippen LogP contribution is -2.36. The average Bonchev–Trinajstić information content (AvgIpc) is 2.55. The number of nitrogens with one attached hydrogen (secondary N) is 1. The number of carbonyl (C=O) groups is 1. The number of fused-ring (bicyclic) bond motifs is 1. The molecule has 1 saturated carbocycles. The number of rotatable bonds is 3. The maximum absolute atomic E-state index is 12.5. The Morgan fingerprint density at radius 3 is 2.67 bits per heavy atom. The van der Waals surface area contributed by atoms with Crippen LogP contribution in [0.2, 0.25) is 0 Å². The van der Waals surface area contributed by atoms with Crippen LogP contribution < -0.4 is 5.32 Å². The van der Waals surface area contributed by atoms with E-state index in [1.54, 1.807) is 0 Å². The van der Waals surface area contributed by atoms with Gasteiger partial charge in [0, 0.05) is 5.39 Å². The van der Waals surface area contributed by atoms with Crippen LogP contribution in [0.15, 0.2) is 42.5 Å². The van der Waals surface area contributed by atoms with Crippen LogP contribution >= 0.6 is 0 Å². The highest BCUT2D eigenvalue weighted by atomic mass is 16.6. The first-order valence-corrected chi connectivity index (χ1v) is 9.00. The minimum absolute atomic E-state index is 0.0173. The van der Waals surface area contributed by atoms with Gasteiger partial charge in [-0.15, -0.1) is 0 Å². The summed E-state index contributed by atoms with van der Waals surface area (Å²) in [4.78, 5) is 12.5. The molecule has 1 aliphatic carbocycles. The molecule has 3 atom stereocenters. The van der Waals surface area contributed by atoms with Crippen LogP contribution in [0.4, 0.5) is 10.5 Å². The molecule has 1 aliphatic rings. The van der Waals surface area contributed by atoms with Crippen molar-refractivity contribution in [3.05, 3.63) is 42.5 Å². The van der Waals surface area contributed by atoms with Crippen molar-refractivity contribution in [1.29, 1.82) is 0 Å². The van der Waals surface area contributed by atoms with E-state index in [9.17, 15) is 4.79 Å². The molecule has 0 spiro atoms. The zero-order valence-corrected chi connectivity index (χ0v) is 14.8. The summed E-state index contributed by atoms with van der Waals surface area (Å²) in [5, 5.41) is 5.09. The quantitative estimate of drug-likeness (QED) is 0.768. The first-order valence-electron chi connectivity index (χ1n) is 9.00. The second kappa shape index (κ2) is 7.25. The lowest BCUT2D eigenvalue weighted by molar-refractivity contribution is 0.0126. The van der Waals surface area contributed by atoms with Gasteiger partial charge in [0.05, 0.1) is 5.69 Å². The summed E-state index contributed by atoms with van der Waals surface area (Å²) in [5.74, 6) is 1.61. The summed E-state index contributed by atoms with van der Waals surface area (Å²) in [7, 11) is 0. The summed E-state index contributed by atoms with van der Waals surface area (Å²) in [5.41, 5.74) is 0.808. The molecule has 0 aromatic heterocycles. The fourth-order valence-corrected chi connectivity index (χ4v) is 3.86. The SMILES string of the molecule is CC(C)[C@H]1CC[C@@H](C)C[C@H]1OC(=O)Nc1cccc2ccccc12. The van der Waals surface area contributed by atoms with Gasteiger partial charge in [0.2, 0.25) is 0 Å². The molecule has 128 valence electrons. The van der Waals surface area contributed by atoms with Gasteiger partial charge < -0.3 is 4.74 Å². The fourth-order valence-electron chi connectivity index (χ4n) is 3.86. The van der Waals surface area contributed by atoms with Crippen molar-refractivity contribution >= 4 is 22.6 Å². The van der Waals surface area contributed by atoms with E-state index in [2.05, 4.69) is 26.1 Å². The number of carbonyl (C=O) groups excluding carboxylic acids is 1. The Kier molecular flexibility index (Phi) is 5.08. The summed E-state index contributed by atoms with van der Waals surface area (Å²) in [6, 6.07) is 14.0. The van der Waals surface area contributed by atoms with Crippen molar-refractivity contribution < 1.29 is 9.53 Å². The van der Waals surface area contributed by atoms with Crippen LogP contribution in [0.3, 0.4) is 0 Å². The summed E-state index contributed by atoms with van der Waals surface area (Å²) >= 11 is 0. The highest BCUT2D eigenvalue weighted by Gasteiger charge is 2.33. The second-order valence-corrected chi connectivity index (χ2v) is 7.42. The van der Waals surface area contributed by atoms with Gasteiger partial charge in [0.15, 0.2) is 0 Å². The molecule has 0 saturated heterocycles. The Bertz CT molecular complexity index is 705. The molecule has 0 radical (unpaired) electrons. The zero-order valence-electron chi connectivity index (χ0n) is 14.8. The van der Waals surface area contributed by atoms with Crippen molar-refractivity contribution in [1.82, 2.24) is 0 Å². The number of anilines is 1. The van der Waals surface area contributed by atoms with Gasteiger partial charge in [-0.25, -0.2) is 4.79 Å². The van der Waals surface area contributed by atoms with E-state index in [-0.39, 0.29) is 12.2 Å². The molecule has 0 unspecified atom stereocenters. The summed E-state index contributed by atoms with van der Waals surface area (Å²) in [6.45, 7) is 6.69. The van der Waals surface area contributed by atoms with Gasteiger partial charge in [-0.2, -0.15) is 0 Å². The van der Waals surface area contributed by atoms with Crippen LogP contribution in [0.25, 0.3) is 10.8 Å². The molecule has 1 fully saturated rings. The fraction of sp³-hybridized carbons (Fsp3) is 0.476. The molecule has 2 aromatic carbocycles. The first-order chi connectivity index (χ1) is 11.5. The smallest absolute Gasteiger partial charge is 0.411 e. The molecule has 3 heteroatoms. The molecule has 3 nitrogen and oxygen atoms in total. The van der Waals surface area contributed by atoms with Gasteiger partial charge >= 0.3 is 6.09 Å². The maximum atomic E-state index is 12.5. The summed E-state index contributed by atoms with van der Waals surface area (Å²) < 4.78 is 5.84. The van der Waals surface area contributed by atoms with E-state index in [4.69, 9.17) is 4.74 Å². The van der Waals surface area contributed by atoms with E-state index in [0.29, 0.717) is 17.8 Å². The van der Waals surface area contributed by atoms with Gasteiger partial charge in [-0.3, -0.25) is 5.32 Å². The molecule has 0 heterocycles. The van der Waals surface area contributed by atoms with Gasteiger partial charge in [0.25, 0.3) is 0 Å². The monoisotopic (exact) mass is 325 g/mol. The minimum Gasteiger partial charge on any atom is -0.446 e. The highest BCUT2D eigenvalue weighted by molar-refractivity contribution is 6.00. The third-order valence-electron chi connectivity index (χ3n) is 5.25. The average molecular weight is 325 g/mol. The largest absolute Gasteiger partial charge is 0.446 e. The van der Waals surface area contributed by atoms with Crippen molar-refractivity contribution in [2.75, 3.05) is 5.32 Å². The maximum Gasteiger partial charge on any atom is 0.411 e. The number of benzene rings is 2. The molecule has 24 heavy (non-hydrogen) atoms. The Labute approximate surface area is 144 Å². The first kappa shape index (κ1) is 16.8. The Morgan fingerprint density at radius 2 is 1.88 bits per heavy atom. The number of hydrogen-bond acceptors (Lipinski definition) is 2. The second-order valence-electron chi connectivity index (χ2n) is 7.42. The van der Waals surface area contributed by atoms with Gasteiger partial charge in [-0.1, -0.05) is 63.6 Å². The molecule has 3 rings (SSSR count). The van der Waals surface area contributed by atoms with Crippen molar-refractivity contribution in [3.8, 4) is 0 Å². The van der Waals surface area contributed by atoms with E-state index in [0.717, 1.165) is 29.3 Å². The van der Waals surface area contributed by atoms with Gasteiger partial charge in [0.1, 0.15) is 6.10 Å². The third-order valence-corrected chi connectivity index (χ3v) is 5.25. The minimum atomic E-state index is -0.337. The molecular formula is C21H27NO2. The van der Waals surface area contributed by atoms with Crippen molar-refractivity contribution in [2.45, 2.75) is 46.1 Å². The molecular weight excluding hydrogens is 298 g/mol. The molecule has 0 aliphatic heterocycles. The zero-order chi connectivity index (χ0) is 17.1. The Morgan fingerprint density at radius 1 is 1.12 bits per heavy atom. The lowest BCUT2D eigenvalue weighted by Gasteiger charge is -2.36. The van der Waals surface area contributed by atoms with Crippen LogP contribution in [-0.2, 0) is 4.74 Å². The molecule has 1 amide bonds. The lowest BCUT2D eigenvalue weighted by atomic mass is 9.75. The van der Waals surface area contributed by atoms with Crippen LogP contribution in [0.1, 0.15) is 40.0 Å².